The van der Waals surface area contributed by atoms with E-state index in [0.717, 1.165) is 10.5 Å². The Kier molecular flexibility index (Phi) is 6.50. The van der Waals surface area contributed by atoms with Gasteiger partial charge in [0.25, 0.3) is 11.8 Å². The van der Waals surface area contributed by atoms with Gasteiger partial charge in [0.15, 0.2) is 6.61 Å². The number of hydrogen-bond acceptors (Lipinski definition) is 6. The Labute approximate surface area is 186 Å². The highest BCUT2D eigenvalue weighted by atomic mass is 127. The lowest BCUT2D eigenvalue weighted by Crippen LogP contribution is -2.54. The first-order valence-electron chi connectivity index (χ1n) is 8.77. The van der Waals surface area contributed by atoms with Gasteiger partial charge in [0.1, 0.15) is 11.3 Å². The van der Waals surface area contributed by atoms with Crippen LogP contribution >= 0.6 is 22.6 Å². The van der Waals surface area contributed by atoms with Crippen LogP contribution < -0.4 is 15.0 Å². The zero-order valence-electron chi connectivity index (χ0n) is 16.1. The largest absolute Gasteiger partial charge is 0.481 e. The van der Waals surface area contributed by atoms with Gasteiger partial charge < -0.3 is 9.47 Å². The Morgan fingerprint density at radius 3 is 2.47 bits per heavy atom. The molecule has 1 heterocycles. The van der Waals surface area contributed by atoms with E-state index in [1.54, 1.807) is 42.5 Å². The minimum atomic E-state index is -0.799. The van der Waals surface area contributed by atoms with Crippen molar-refractivity contribution in [2.45, 2.75) is 6.92 Å². The van der Waals surface area contributed by atoms with E-state index in [2.05, 4.69) is 10.1 Å². The molecule has 154 valence electrons. The van der Waals surface area contributed by atoms with Gasteiger partial charge in [0.2, 0.25) is 0 Å². The average Bonchev–Trinajstić information content (AvgIpc) is 2.71. The number of ether oxygens (including phenoxy) is 2. The smallest absolute Gasteiger partial charge is 0.343 e. The Balaban J connectivity index is 1.88. The lowest BCUT2D eigenvalue weighted by Gasteiger charge is -2.26. The summed E-state index contributed by atoms with van der Waals surface area (Å²) in [6.45, 7) is 1.65. The normalized spacial score (nSPS) is 15.2. The molecule has 1 fully saturated rings. The number of methoxy groups -OCH3 is 1. The number of esters is 1. The Morgan fingerprint density at radius 2 is 1.83 bits per heavy atom. The molecule has 0 unspecified atom stereocenters. The predicted molar refractivity (Wildman–Crippen MR) is 117 cm³/mol. The van der Waals surface area contributed by atoms with Gasteiger partial charge in [-0.05, 0) is 65.4 Å². The summed E-state index contributed by atoms with van der Waals surface area (Å²) >= 11 is 2.01. The summed E-state index contributed by atoms with van der Waals surface area (Å²) in [6, 6.07) is 10.9. The Hall–Kier alpha value is -3.21. The molecule has 1 N–H and O–H groups in total. The van der Waals surface area contributed by atoms with Crippen LogP contribution in [-0.4, -0.2) is 37.5 Å². The number of carbonyl (C=O) groups is 4. The van der Waals surface area contributed by atoms with Crippen LogP contribution in [0.4, 0.5) is 10.5 Å². The molecule has 1 aliphatic rings. The number of nitrogens with zero attached hydrogens (tertiary/aromatic N) is 1. The summed E-state index contributed by atoms with van der Waals surface area (Å²) in [6.07, 6.45) is 1.40. The second-order valence-electron chi connectivity index (χ2n) is 6.35. The maximum Gasteiger partial charge on any atom is 0.343 e. The predicted octanol–water partition coefficient (Wildman–Crippen LogP) is 2.82. The summed E-state index contributed by atoms with van der Waals surface area (Å²) in [5.41, 5.74) is 1.72. The molecule has 0 spiro atoms. The standard InChI is InChI=1S/C21H17IN2O6/c1-12-3-6-14(7-4-12)24-20(27)15(19(26)23-21(24)28)9-13-5-8-17(16(22)10-13)30-11-18(25)29-2/h3-10H,11H2,1-2H3,(H,23,26,28)/b15-9+. The average molecular weight is 520 g/mol. The minimum Gasteiger partial charge on any atom is -0.481 e. The highest BCUT2D eigenvalue weighted by Crippen LogP contribution is 2.26. The zero-order valence-corrected chi connectivity index (χ0v) is 18.3. The zero-order chi connectivity index (χ0) is 21.8. The van der Waals surface area contributed by atoms with E-state index in [9.17, 15) is 19.2 Å². The van der Waals surface area contributed by atoms with Crippen molar-refractivity contribution in [2.75, 3.05) is 18.6 Å². The number of imide groups is 2. The second kappa shape index (κ2) is 9.08. The number of anilines is 1. The summed E-state index contributed by atoms with van der Waals surface area (Å²) in [5, 5.41) is 2.19. The first kappa shape index (κ1) is 21.5. The van der Waals surface area contributed by atoms with Gasteiger partial charge in [-0.15, -0.1) is 0 Å². The maximum absolute atomic E-state index is 12.9. The molecule has 2 aromatic rings. The fourth-order valence-electron chi connectivity index (χ4n) is 2.67. The number of hydrogen-bond donors (Lipinski definition) is 1. The third-order valence-electron chi connectivity index (χ3n) is 4.23. The monoisotopic (exact) mass is 520 g/mol. The van der Waals surface area contributed by atoms with Crippen LogP contribution in [0.3, 0.4) is 0 Å². The molecule has 8 nitrogen and oxygen atoms in total. The molecule has 4 amide bonds. The van der Waals surface area contributed by atoms with Gasteiger partial charge in [0, 0.05) is 0 Å². The van der Waals surface area contributed by atoms with E-state index < -0.39 is 23.8 Å². The lowest BCUT2D eigenvalue weighted by atomic mass is 10.1. The summed E-state index contributed by atoms with van der Waals surface area (Å²) in [4.78, 5) is 49.6. The topological polar surface area (TPSA) is 102 Å². The molecule has 2 aromatic carbocycles. The number of barbiturate groups is 1. The van der Waals surface area contributed by atoms with Crippen molar-refractivity contribution in [1.29, 1.82) is 0 Å². The molecular formula is C21H17IN2O6. The van der Waals surface area contributed by atoms with Crippen LogP contribution in [0.2, 0.25) is 0 Å². The van der Waals surface area contributed by atoms with Crippen LogP contribution in [0.25, 0.3) is 6.08 Å². The van der Waals surface area contributed by atoms with Gasteiger partial charge in [0.05, 0.1) is 16.4 Å². The second-order valence-corrected chi connectivity index (χ2v) is 7.51. The Bertz CT molecular complexity index is 1060. The molecule has 0 aromatic heterocycles. The molecule has 0 saturated carbocycles. The highest BCUT2D eigenvalue weighted by Gasteiger charge is 2.36. The number of benzene rings is 2. The minimum absolute atomic E-state index is 0.172. The molecule has 1 aliphatic heterocycles. The van der Waals surface area contributed by atoms with E-state index in [4.69, 9.17) is 4.74 Å². The number of urea groups is 1. The van der Waals surface area contributed by atoms with E-state index in [0.29, 0.717) is 20.6 Å². The first-order chi connectivity index (χ1) is 14.3. The van der Waals surface area contributed by atoms with Gasteiger partial charge in [-0.2, -0.15) is 0 Å². The molecule has 0 radical (unpaired) electrons. The molecule has 1 saturated heterocycles. The van der Waals surface area contributed by atoms with Crippen molar-refractivity contribution >= 4 is 58.2 Å². The molecule has 0 aliphatic carbocycles. The molecular weight excluding hydrogens is 503 g/mol. The molecule has 30 heavy (non-hydrogen) atoms. The van der Waals surface area contributed by atoms with Crippen molar-refractivity contribution in [1.82, 2.24) is 5.32 Å². The van der Waals surface area contributed by atoms with Crippen molar-refractivity contribution in [2.24, 2.45) is 0 Å². The lowest BCUT2D eigenvalue weighted by molar-refractivity contribution is -0.143. The third-order valence-corrected chi connectivity index (χ3v) is 5.08. The maximum atomic E-state index is 12.9. The molecule has 0 bridgehead atoms. The van der Waals surface area contributed by atoms with E-state index in [1.807, 2.05) is 29.5 Å². The van der Waals surface area contributed by atoms with Gasteiger partial charge in [-0.1, -0.05) is 23.8 Å². The van der Waals surface area contributed by atoms with Gasteiger partial charge in [-0.3, -0.25) is 14.9 Å². The fourth-order valence-corrected chi connectivity index (χ4v) is 3.37. The molecule has 9 heteroatoms. The van der Waals surface area contributed by atoms with Crippen molar-refractivity contribution < 1.29 is 28.7 Å². The SMILES string of the molecule is COC(=O)COc1ccc(/C=C2\C(=O)NC(=O)N(c3ccc(C)cc3)C2=O)cc1I. The van der Waals surface area contributed by atoms with Crippen molar-refractivity contribution in [3.63, 3.8) is 0 Å². The van der Waals surface area contributed by atoms with Crippen LogP contribution in [0.1, 0.15) is 11.1 Å². The summed E-state index contributed by atoms with van der Waals surface area (Å²) in [7, 11) is 1.27. The van der Waals surface area contributed by atoms with E-state index in [-0.39, 0.29) is 12.2 Å². The van der Waals surface area contributed by atoms with Crippen molar-refractivity contribution in [3.05, 3.63) is 62.7 Å². The number of carbonyl (C=O) groups excluding carboxylic acids is 4. The quantitative estimate of drug-likeness (QED) is 0.282. The third kappa shape index (κ3) is 4.67. The highest BCUT2D eigenvalue weighted by molar-refractivity contribution is 14.1. The summed E-state index contributed by atoms with van der Waals surface area (Å²) in [5.74, 6) is -1.54. The summed E-state index contributed by atoms with van der Waals surface area (Å²) < 4.78 is 10.6. The molecule has 0 atom stereocenters. The van der Waals surface area contributed by atoms with Crippen LogP contribution in [-0.2, 0) is 19.1 Å². The number of amides is 4. The Morgan fingerprint density at radius 1 is 1.13 bits per heavy atom. The van der Waals surface area contributed by atoms with E-state index in [1.165, 1.54) is 13.2 Å². The van der Waals surface area contributed by atoms with Gasteiger partial charge in [-0.25, -0.2) is 14.5 Å². The first-order valence-corrected chi connectivity index (χ1v) is 9.85. The van der Waals surface area contributed by atoms with Crippen LogP contribution in [0, 0.1) is 10.5 Å². The van der Waals surface area contributed by atoms with E-state index >= 15 is 0 Å². The molecule has 3 rings (SSSR count). The van der Waals surface area contributed by atoms with Crippen LogP contribution in [0.15, 0.2) is 48.0 Å². The van der Waals surface area contributed by atoms with Crippen LogP contribution in [0.5, 0.6) is 5.75 Å². The number of rotatable bonds is 5. The van der Waals surface area contributed by atoms with Gasteiger partial charge >= 0.3 is 12.0 Å². The fraction of sp³-hybridized carbons (Fsp3) is 0.143. The number of nitrogens with one attached hydrogen (secondary N) is 1. The number of halogens is 1. The van der Waals surface area contributed by atoms with Crippen molar-refractivity contribution in [3.8, 4) is 5.75 Å². The number of aryl methyl sites for hydroxylation is 1.